The summed E-state index contributed by atoms with van der Waals surface area (Å²) < 4.78 is 0. The van der Waals surface area contributed by atoms with Crippen LogP contribution in [0.5, 0.6) is 0 Å². The molecule has 4 atom stereocenters. The van der Waals surface area contributed by atoms with E-state index < -0.39 is 0 Å². The maximum Gasteiger partial charge on any atom is 0.102 e. The van der Waals surface area contributed by atoms with E-state index in [1.54, 1.807) is 0 Å². The highest BCUT2D eigenvalue weighted by molar-refractivity contribution is 4.84. The Kier molecular flexibility index (Phi) is 4.20. The second-order valence-electron chi connectivity index (χ2n) is 4.43. The third kappa shape index (κ3) is 2.96. The van der Waals surface area contributed by atoms with Gasteiger partial charge in [-0.25, -0.2) is 0 Å². The average molecular weight is 185 g/mol. The van der Waals surface area contributed by atoms with Gasteiger partial charge in [0.05, 0.1) is 0 Å². The van der Waals surface area contributed by atoms with Crippen molar-refractivity contribution in [2.75, 3.05) is 0 Å². The smallest absolute Gasteiger partial charge is 0.102 e. The number of aliphatic hydroxyl groups excluding tert-OH is 1. The van der Waals surface area contributed by atoms with Crippen LogP contribution in [0, 0.1) is 11.8 Å². The van der Waals surface area contributed by atoms with Crippen LogP contribution in [0.15, 0.2) is 0 Å². The second kappa shape index (κ2) is 4.97. The molecule has 78 valence electrons. The van der Waals surface area contributed by atoms with Crippen molar-refractivity contribution in [2.24, 2.45) is 11.8 Å². The van der Waals surface area contributed by atoms with Gasteiger partial charge in [0.2, 0.25) is 0 Å². The standard InChI is InChI=1S/C11H23NO/c1-4-11(12-9(3)13)10-7-5-6-8(10)2/h8-13H,4-7H2,1-3H3. The molecule has 1 rings (SSSR count). The first kappa shape index (κ1) is 11.0. The Balaban J connectivity index is 2.45. The number of hydrogen-bond acceptors (Lipinski definition) is 2. The largest absolute Gasteiger partial charge is 0.379 e. The van der Waals surface area contributed by atoms with Crippen LogP contribution in [-0.2, 0) is 0 Å². The van der Waals surface area contributed by atoms with Gasteiger partial charge >= 0.3 is 0 Å². The van der Waals surface area contributed by atoms with Crippen molar-refractivity contribution < 1.29 is 5.11 Å². The predicted molar refractivity (Wildman–Crippen MR) is 55.4 cm³/mol. The van der Waals surface area contributed by atoms with Crippen LogP contribution in [0.1, 0.15) is 46.5 Å². The first-order valence-electron chi connectivity index (χ1n) is 5.59. The summed E-state index contributed by atoms with van der Waals surface area (Å²) in [5, 5.41) is 12.5. The average Bonchev–Trinajstić information content (AvgIpc) is 2.47. The van der Waals surface area contributed by atoms with Crippen LogP contribution in [0.4, 0.5) is 0 Å². The molecule has 1 aliphatic carbocycles. The molecule has 4 unspecified atom stereocenters. The normalized spacial score (nSPS) is 33.2. The van der Waals surface area contributed by atoms with Crippen molar-refractivity contribution in [3.8, 4) is 0 Å². The summed E-state index contributed by atoms with van der Waals surface area (Å²) in [6, 6.07) is 0.512. The number of hydrogen-bond donors (Lipinski definition) is 2. The van der Waals surface area contributed by atoms with Crippen LogP contribution >= 0.6 is 0 Å². The van der Waals surface area contributed by atoms with E-state index in [0.717, 1.165) is 18.3 Å². The number of nitrogens with one attached hydrogen (secondary N) is 1. The lowest BCUT2D eigenvalue weighted by molar-refractivity contribution is 0.117. The van der Waals surface area contributed by atoms with Crippen LogP contribution in [-0.4, -0.2) is 17.4 Å². The Morgan fingerprint density at radius 2 is 2.15 bits per heavy atom. The predicted octanol–water partition coefficient (Wildman–Crippen LogP) is 2.13. The topological polar surface area (TPSA) is 32.3 Å². The summed E-state index contributed by atoms with van der Waals surface area (Å²) in [5.74, 6) is 1.61. The highest BCUT2D eigenvalue weighted by Gasteiger charge is 2.29. The van der Waals surface area contributed by atoms with Crippen molar-refractivity contribution in [1.29, 1.82) is 0 Å². The van der Waals surface area contributed by atoms with Gasteiger partial charge in [0, 0.05) is 6.04 Å². The van der Waals surface area contributed by atoms with Gasteiger partial charge in [-0.1, -0.05) is 26.7 Å². The summed E-state index contributed by atoms with van der Waals surface area (Å²) in [5.41, 5.74) is 0. The van der Waals surface area contributed by atoms with Gasteiger partial charge in [-0.05, 0) is 31.6 Å². The highest BCUT2D eigenvalue weighted by Crippen LogP contribution is 2.34. The Morgan fingerprint density at radius 3 is 2.54 bits per heavy atom. The molecule has 1 fully saturated rings. The van der Waals surface area contributed by atoms with Gasteiger partial charge in [-0.2, -0.15) is 0 Å². The van der Waals surface area contributed by atoms with Crippen LogP contribution in [0.3, 0.4) is 0 Å². The zero-order chi connectivity index (χ0) is 9.84. The molecular weight excluding hydrogens is 162 g/mol. The number of rotatable bonds is 4. The van der Waals surface area contributed by atoms with Crippen molar-refractivity contribution in [3.63, 3.8) is 0 Å². The van der Waals surface area contributed by atoms with E-state index in [-0.39, 0.29) is 6.23 Å². The van der Waals surface area contributed by atoms with Gasteiger partial charge in [0.1, 0.15) is 6.23 Å². The van der Waals surface area contributed by atoms with Gasteiger partial charge in [0.15, 0.2) is 0 Å². The fourth-order valence-corrected chi connectivity index (χ4v) is 2.63. The second-order valence-corrected chi connectivity index (χ2v) is 4.43. The summed E-state index contributed by atoms with van der Waals surface area (Å²) in [6.07, 6.45) is 4.82. The molecule has 0 amide bonds. The quantitative estimate of drug-likeness (QED) is 0.658. The summed E-state index contributed by atoms with van der Waals surface area (Å²) in [7, 11) is 0. The van der Waals surface area contributed by atoms with E-state index in [1.165, 1.54) is 19.3 Å². The van der Waals surface area contributed by atoms with Crippen molar-refractivity contribution >= 4 is 0 Å². The zero-order valence-electron chi connectivity index (χ0n) is 9.09. The fraction of sp³-hybridized carbons (Fsp3) is 1.00. The lowest BCUT2D eigenvalue weighted by Crippen LogP contribution is -2.41. The molecule has 1 aliphatic rings. The van der Waals surface area contributed by atoms with E-state index in [2.05, 4.69) is 19.2 Å². The molecule has 0 aromatic carbocycles. The van der Waals surface area contributed by atoms with Crippen LogP contribution in [0.2, 0.25) is 0 Å². The van der Waals surface area contributed by atoms with Gasteiger partial charge in [-0.3, -0.25) is 5.32 Å². The molecule has 2 N–H and O–H groups in total. The summed E-state index contributed by atoms with van der Waals surface area (Å²) in [6.45, 7) is 6.34. The lowest BCUT2D eigenvalue weighted by atomic mass is 9.88. The minimum atomic E-state index is -0.363. The monoisotopic (exact) mass is 185 g/mol. The molecule has 0 saturated heterocycles. The van der Waals surface area contributed by atoms with Crippen molar-refractivity contribution in [2.45, 2.75) is 58.7 Å². The fourth-order valence-electron chi connectivity index (χ4n) is 2.63. The number of aliphatic hydroxyl groups is 1. The van der Waals surface area contributed by atoms with Crippen LogP contribution in [0.25, 0.3) is 0 Å². The Bertz CT molecular complexity index is 147. The first-order chi connectivity index (χ1) is 6.15. The van der Waals surface area contributed by atoms with Gasteiger partial charge in [0.25, 0.3) is 0 Å². The van der Waals surface area contributed by atoms with E-state index in [0.29, 0.717) is 6.04 Å². The minimum absolute atomic E-state index is 0.363. The van der Waals surface area contributed by atoms with Crippen LogP contribution < -0.4 is 5.32 Å². The van der Waals surface area contributed by atoms with E-state index >= 15 is 0 Å². The summed E-state index contributed by atoms with van der Waals surface area (Å²) in [4.78, 5) is 0. The Morgan fingerprint density at radius 1 is 1.46 bits per heavy atom. The third-order valence-corrected chi connectivity index (χ3v) is 3.34. The zero-order valence-corrected chi connectivity index (χ0v) is 9.09. The molecule has 0 aliphatic heterocycles. The van der Waals surface area contributed by atoms with Gasteiger partial charge in [-0.15, -0.1) is 0 Å². The molecule has 0 spiro atoms. The molecule has 2 heteroatoms. The summed E-state index contributed by atoms with van der Waals surface area (Å²) >= 11 is 0. The molecular formula is C11H23NO. The van der Waals surface area contributed by atoms with E-state index in [9.17, 15) is 5.11 Å². The Hall–Kier alpha value is -0.0800. The molecule has 13 heavy (non-hydrogen) atoms. The molecule has 0 bridgehead atoms. The van der Waals surface area contributed by atoms with Gasteiger partial charge < -0.3 is 5.11 Å². The minimum Gasteiger partial charge on any atom is -0.379 e. The maximum absolute atomic E-state index is 9.29. The van der Waals surface area contributed by atoms with E-state index in [1.807, 2.05) is 6.92 Å². The third-order valence-electron chi connectivity index (χ3n) is 3.34. The van der Waals surface area contributed by atoms with Crippen molar-refractivity contribution in [1.82, 2.24) is 5.32 Å². The first-order valence-corrected chi connectivity index (χ1v) is 5.59. The highest BCUT2D eigenvalue weighted by atomic mass is 16.3. The molecule has 1 saturated carbocycles. The molecule has 0 aromatic heterocycles. The molecule has 0 aromatic rings. The molecule has 0 heterocycles. The maximum atomic E-state index is 9.29. The Labute approximate surface area is 81.7 Å². The SMILES string of the molecule is CCC(NC(C)O)C1CCCC1C. The molecule has 0 radical (unpaired) electrons. The molecule has 2 nitrogen and oxygen atoms in total. The lowest BCUT2D eigenvalue weighted by Gasteiger charge is -2.28. The van der Waals surface area contributed by atoms with Crippen molar-refractivity contribution in [3.05, 3.63) is 0 Å². The van der Waals surface area contributed by atoms with E-state index in [4.69, 9.17) is 0 Å².